The van der Waals surface area contributed by atoms with Crippen LogP contribution in [0, 0.1) is 11.7 Å². The van der Waals surface area contributed by atoms with E-state index in [4.69, 9.17) is 11.6 Å². The lowest BCUT2D eigenvalue weighted by Crippen LogP contribution is -2.48. The number of carbonyl (C=O) groups is 2. The third-order valence-corrected chi connectivity index (χ3v) is 4.60. The molecular formula is C22H26ClFN2O2. The summed E-state index contributed by atoms with van der Waals surface area (Å²) in [5.41, 5.74) is 1.53. The van der Waals surface area contributed by atoms with Gasteiger partial charge in [-0.1, -0.05) is 49.7 Å². The lowest BCUT2D eigenvalue weighted by Gasteiger charge is -2.29. The predicted octanol–water partition coefficient (Wildman–Crippen LogP) is 4.21. The van der Waals surface area contributed by atoms with Gasteiger partial charge in [-0.3, -0.25) is 9.59 Å². The fraction of sp³-hybridized carbons (Fsp3) is 0.364. The van der Waals surface area contributed by atoms with Gasteiger partial charge >= 0.3 is 0 Å². The van der Waals surface area contributed by atoms with Crippen molar-refractivity contribution in [3.63, 3.8) is 0 Å². The molecule has 0 saturated heterocycles. The highest BCUT2D eigenvalue weighted by Gasteiger charge is 2.26. The molecule has 0 saturated carbocycles. The van der Waals surface area contributed by atoms with Crippen LogP contribution >= 0.6 is 11.6 Å². The molecule has 0 heterocycles. The molecule has 4 nitrogen and oxygen atoms in total. The van der Waals surface area contributed by atoms with E-state index in [2.05, 4.69) is 5.32 Å². The van der Waals surface area contributed by atoms with Crippen LogP contribution in [0.1, 0.15) is 31.9 Å². The van der Waals surface area contributed by atoms with Crippen LogP contribution < -0.4 is 5.32 Å². The van der Waals surface area contributed by atoms with Gasteiger partial charge in [-0.2, -0.15) is 0 Å². The maximum atomic E-state index is 13.2. The summed E-state index contributed by atoms with van der Waals surface area (Å²) in [6.45, 7) is 6.47. The zero-order valence-corrected chi connectivity index (χ0v) is 17.2. The number of rotatable bonds is 8. The Morgan fingerprint density at radius 2 is 1.75 bits per heavy atom. The summed E-state index contributed by atoms with van der Waals surface area (Å²) in [6.07, 6.45) is 0.129. The Bertz CT molecular complexity index is 808. The van der Waals surface area contributed by atoms with Gasteiger partial charge in [0.15, 0.2) is 0 Å². The quantitative estimate of drug-likeness (QED) is 0.716. The summed E-state index contributed by atoms with van der Waals surface area (Å²) in [7, 11) is 0. The second-order valence-electron chi connectivity index (χ2n) is 7.27. The van der Waals surface area contributed by atoms with Crippen molar-refractivity contribution in [1.29, 1.82) is 0 Å². The van der Waals surface area contributed by atoms with Gasteiger partial charge in [0.25, 0.3) is 0 Å². The van der Waals surface area contributed by atoms with Gasteiger partial charge in [-0.05, 0) is 48.2 Å². The van der Waals surface area contributed by atoms with Gasteiger partial charge in [-0.25, -0.2) is 4.39 Å². The summed E-state index contributed by atoms with van der Waals surface area (Å²) >= 11 is 6.01. The van der Waals surface area contributed by atoms with Crippen LogP contribution in [0.5, 0.6) is 0 Å². The number of hydrogen-bond donors (Lipinski definition) is 1. The number of carbonyl (C=O) groups excluding carboxylic acids is 2. The Balaban J connectivity index is 2.19. The molecule has 0 fully saturated rings. The van der Waals surface area contributed by atoms with Crippen molar-refractivity contribution in [1.82, 2.24) is 10.2 Å². The van der Waals surface area contributed by atoms with E-state index >= 15 is 0 Å². The van der Waals surface area contributed by atoms with Crippen LogP contribution in [-0.2, 0) is 22.6 Å². The highest BCUT2D eigenvalue weighted by molar-refractivity contribution is 6.30. The van der Waals surface area contributed by atoms with Crippen LogP contribution in [-0.4, -0.2) is 29.3 Å². The third kappa shape index (κ3) is 6.64. The first-order chi connectivity index (χ1) is 13.3. The molecule has 0 aliphatic rings. The lowest BCUT2D eigenvalue weighted by molar-refractivity contribution is -0.140. The molecule has 0 spiro atoms. The Hall–Kier alpha value is -2.40. The first-order valence-corrected chi connectivity index (χ1v) is 9.70. The largest absolute Gasteiger partial charge is 0.354 e. The van der Waals surface area contributed by atoms with E-state index in [-0.39, 0.29) is 30.6 Å². The Kier molecular flexibility index (Phi) is 8.00. The molecule has 2 amide bonds. The summed E-state index contributed by atoms with van der Waals surface area (Å²) in [6, 6.07) is 12.4. The third-order valence-electron chi connectivity index (χ3n) is 4.36. The van der Waals surface area contributed by atoms with Crippen LogP contribution in [0.4, 0.5) is 4.39 Å². The minimum absolute atomic E-state index is 0.129. The Labute approximate surface area is 170 Å². The normalized spacial score (nSPS) is 11.9. The highest BCUT2D eigenvalue weighted by atomic mass is 35.5. The van der Waals surface area contributed by atoms with E-state index in [1.807, 2.05) is 19.9 Å². The van der Waals surface area contributed by atoms with E-state index in [0.717, 1.165) is 11.1 Å². The molecule has 0 bridgehead atoms. The summed E-state index contributed by atoms with van der Waals surface area (Å²) in [4.78, 5) is 27.1. The molecule has 1 atom stereocenters. The summed E-state index contributed by atoms with van der Waals surface area (Å²) in [5.74, 6) is -0.443. The van der Waals surface area contributed by atoms with E-state index in [1.54, 1.807) is 37.3 Å². The molecule has 2 aromatic carbocycles. The molecule has 0 aromatic heterocycles. The molecule has 0 unspecified atom stereocenters. The number of hydrogen-bond acceptors (Lipinski definition) is 2. The number of nitrogens with one attached hydrogen (secondary N) is 1. The molecule has 2 aromatic rings. The molecular weight excluding hydrogens is 379 g/mol. The number of halogens is 2. The van der Waals surface area contributed by atoms with Crippen molar-refractivity contribution in [2.45, 2.75) is 39.8 Å². The predicted molar refractivity (Wildman–Crippen MR) is 109 cm³/mol. The topological polar surface area (TPSA) is 49.4 Å². The number of amides is 2. The molecule has 2 rings (SSSR count). The van der Waals surface area contributed by atoms with Crippen molar-refractivity contribution < 1.29 is 14.0 Å². The Morgan fingerprint density at radius 1 is 1.07 bits per heavy atom. The minimum Gasteiger partial charge on any atom is -0.354 e. The van der Waals surface area contributed by atoms with Crippen LogP contribution in [0.3, 0.4) is 0 Å². The molecule has 0 aliphatic heterocycles. The molecule has 150 valence electrons. The van der Waals surface area contributed by atoms with Gasteiger partial charge in [0.2, 0.25) is 11.8 Å². The average molecular weight is 405 g/mol. The van der Waals surface area contributed by atoms with Crippen LogP contribution in [0.25, 0.3) is 0 Å². The van der Waals surface area contributed by atoms with Gasteiger partial charge in [0.05, 0.1) is 6.42 Å². The van der Waals surface area contributed by atoms with Crippen molar-refractivity contribution in [3.05, 3.63) is 70.5 Å². The number of nitrogens with zero attached hydrogens (tertiary/aromatic N) is 1. The maximum Gasteiger partial charge on any atom is 0.242 e. The molecule has 0 radical (unpaired) electrons. The molecule has 1 N–H and O–H groups in total. The fourth-order valence-corrected chi connectivity index (χ4v) is 2.96. The van der Waals surface area contributed by atoms with Crippen LogP contribution in [0.15, 0.2) is 48.5 Å². The number of benzene rings is 2. The standard InChI is InChI=1S/C22H26ClFN2O2/c1-15(2)13-25-22(28)16(3)26(14-17-7-9-20(24)10-8-17)21(27)12-18-5-4-6-19(23)11-18/h4-11,15-16H,12-14H2,1-3H3,(H,25,28)/t16-/m0/s1. The summed E-state index contributed by atoms with van der Waals surface area (Å²) < 4.78 is 13.2. The van der Waals surface area contributed by atoms with Crippen molar-refractivity contribution >= 4 is 23.4 Å². The zero-order chi connectivity index (χ0) is 20.7. The summed E-state index contributed by atoms with van der Waals surface area (Å²) in [5, 5.41) is 3.42. The SMILES string of the molecule is CC(C)CNC(=O)[C@H](C)N(Cc1ccc(F)cc1)C(=O)Cc1cccc(Cl)c1. The lowest BCUT2D eigenvalue weighted by atomic mass is 10.1. The average Bonchev–Trinajstić information content (AvgIpc) is 2.65. The maximum absolute atomic E-state index is 13.2. The highest BCUT2D eigenvalue weighted by Crippen LogP contribution is 2.15. The van der Waals surface area contributed by atoms with E-state index in [9.17, 15) is 14.0 Å². The van der Waals surface area contributed by atoms with Gasteiger partial charge in [0, 0.05) is 18.1 Å². The minimum atomic E-state index is -0.657. The van der Waals surface area contributed by atoms with Crippen molar-refractivity contribution in [2.24, 2.45) is 5.92 Å². The van der Waals surface area contributed by atoms with E-state index in [0.29, 0.717) is 17.5 Å². The smallest absolute Gasteiger partial charge is 0.242 e. The van der Waals surface area contributed by atoms with Gasteiger partial charge < -0.3 is 10.2 Å². The second-order valence-corrected chi connectivity index (χ2v) is 7.71. The zero-order valence-electron chi connectivity index (χ0n) is 16.4. The van der Waals surface area contributed by atoms with E-state index < -0.39 is 6.04 Å². The Morgan fingerprint density at radius 3 is 2.36 bits per heavy atom. The van der Waals surface area contributed by atoms with E-state index in [1.165, 1.54) is 17.0 Å². The molecule has 0 aliphatic carbocycles. The first-order valence-electron chi connectivity index (χ1n) is 9.32. The molecule has 28 heavy (non-hydrogen) atoms. The monoisotopic (exact) mass is 404 g/mol. The van der Waals surface area contributed by atoms with Crippen molar-refractivity contribution in [3.8, 4) is 0 Å². The van der Waals surface area contributed by atoms with Crippen molar-refractivity contribution in [2.75, 3.05) is 6.54 Å². The van der Waals surface area contributed by atoms with Crippen LogP contribution in [0.2, 0.25) is 5.02 Å². The van der Waals surface area contributed by atoms with Gasteiger partial charge in [0.1, 0.15) is 11.9 Å². The fourth-order valence-electron chi connectivity index (χ4n) is 2.74. The first kappa shape index (κ1) is 21.9. The molecule has 6 heteroatoms. The van der Waals surface area contributed by atoms with Gasteiger partial charge in [-0.15, -0.1) is 0 Å². The second kappa shape index (κ2) is 10.2.